The number of nitrogens with two attached hydrogens (primary N) is 1. The SMILES string of the molecule is Cc1ncn([C@@H]2C[C@H](CCc3ccc4cc(Br)c(N)nc4c3)[C@@H](O)[C@H]2O)c2ncnc1-2. The number of imidazole rings is 1. The molecule has 3 aliphatic rings. The number of hydrogen-bond donors (Lipinski definition) is 3. The van der Waals surface area contributed by atoms with Gasteiger partial charge in [0.25, 0.3) is 0 Å². The number of aromatic nitrogens is 5. The second kappa shape index (κ2) is 7.81. The van der Waals surface area contributed by atoms with E-state index in [2.05, 4.69) is 41.9 Å². The molecule has 2 aromatic rings. The summed E-state index contributed by atoms with van der Waals surface area (Å²) in [5, 5.41) is 22.5. The molecule has 0 unspecified atom stereocenters. The zero-order valence-electron chi connectivity index (χ0n) is 17.0. The number of aryl methyl sites for hydroxylation is 2. The Balaban J connectivity index is 1.34. The first kappa shape index (κ1) is 20.3. The van der Waals surface area contributed by atoms with E-state index in [0.717, 1.165) is 45.2 Å². The van der Waals surface area contributed by atoms with E-state index in [4.69, 9.17) is 5.73 Å². The first-order chi connectivity index (χ1) is 14.9. The molecule has 4 atom stereocenters. The molecule has 1 aromatic heterocycles. The van der Waals surface area contributed by atoms with Crippen LogP contribution in [-0.4, -0.2) is 46.9 Å². The van der Waals surface area contributed by atoms with Crippen molar-refractivity contribution in [2.24, 2.45) is 5.92 Å². The lowest BCUT2D eigenvalue weighted by molar-refractivity contribution is 0.00487. The Kier molecular flexibility index (Phi) is 5.11. The molecule has 1 aromatic carbocycles. The van der Waals surface area contributed by atoms with Crippen molar-refractivity contribution in [1.29, 1.82) is 0 Å². The zero-order chi connectivity index (χ0) is 21.7. The number of hydrogen-bond acceptors (Lipinski definition) is 7. The van der Waals surface area contributed by atoms with Crippen molar-refractivity contribution in [3.63, 3.8) is 0 Å². The third-order valence-corrected chi connectivity index (χ3v) is 6.97. The number of aliphatic hydroxyl groups excluding tert-OH is 2. The number of anilines is 1. The molecule has 2 aliphatic heterocycles. The quantitative estimate of drug-likeness (QED) is 0.408. The lowest BCUT2D eigenvalue weighted by Crippen LogP contribution is -2.30. The van der Waals surface area contributed by atoms with E-state index in [-0.39, 0.29) is 12.0 Å². The minimum Gasteiger partial charge on any atom is -0.390 e. The summed E-state index contributed by atoms with van der Waals surface area (Å²) in [4.78, 5) is 17.4. The largest absolute Gasteiger partial charge is 0.390 e. The standard InChI is InChI=1S/C22H23BrN6O2/c1-11-18-22(26-9-25-18)29(10-27-11)17-8-14(19(30)20(17)31)5-3-12-2-4-13-7-15(23)21(24)28-16(13)6-12/h2,4,6-7,9-10,14,17,19-20,30-31H,3,5,8H2,1H3,(H2,24,28)/t14-,17+,19+,20-/m0/s1. The molecule has 8 nitrogen and oxygen atoms in total. The van der Waals surface area contributed by atoms with Crippen molar-refractivity contribution < 1.29 is 10.2 Å². The van der Waals surface area contributed by atoms with E-state index in [9.17, 15) is 10.2 Å². The highest BCUT2D eigenvalue weighted by Gasteiger charge is 2.43. The highest BCUT2D eigenvalue weighted by atomic mass is 79.9. The number of pyridine rings is 1. The van der Waals surface area contributed by atoms with Gasteiger partial charge in [0.05, 0.1) is 34.2 Å². The number of nitrogens with zero attached hydrogens (tertiary/aromatic N) is 5. The lowest BCUT2D eigenvalue weighted by Gasteiger charge is -2.21. The molecule has 0 spiro atoms. The number of fused-ring (bicyclic) bond motifs is 2. The zero-order valence-corrected chi connectivity index (χ0v) is 18.6. The minimum atomic E-state index is -0.880. The van der Waals surface area contributed by atoms with Crippen molar-refractivity contribution >= 4 is 32.7 Å². The van der Waals surface area contributed by atoms with Gasteiger partial charge < -0.3 is 20.5 Å². The summed E-state index contributed by atoms with van der Waals surface area (Å²) < 4.78 is 2.64. The summed E-state index contributed by atoms with van der Waals surface area (Å²) in [6, 6.07) is 7.81. The topological polar surface area (TPSA) is 123 Å². The van der Waals surface area contributed by atoms with Crippen LogP contribution >= 0.6 is 15.9 Å². The fourth-order valence-corrected chi connectivity index (χ4v) is 4.92. The first-order valence-corrected chi connectivity index (χ1v) is 11.1. The van der Waals surface area contributed by atoms with Crippen LogP contribution in [0.25, 0.3) is 22.4 Å². The number of rotatable bonds is 4. The molecule has 1 aliphatic carbocycles. The summed E-state index contributed by atoms with van der Waals surface area (Å²) >= 11 is 3.41. The fourth-order valence-electron chi connectivity index (χ4n) is 4.58. The van der Waals surface area contributed by atoms with Crippen LogP contribution in [-0.2, 0) is 6.42 Å². The Hall–Kier alpha value is -2.62. The van der Waals surface area contributed by atoms with Gasteiger partial charge in [-0.25, -0.2) is 19.9 Å². The van der Waals surface area contributed by atoms with Crippen LogP contribution in [0, 0.1) is 12.8 Å². The van der Waals surface area contributed by atoms with E-state index in [1.165, 1.54) is 6.33 Å². The number of nitrogen functional groups attached to an aromatic ring is 1. The smallest absolute Gasteiger partial charge is 0.163 e. The Morgan fingerprint density at radius 2 is 2.00 bits per heavy atom. The number of halogens is 1. The molecule has 0 amide bonds. The van der Waals surface area contributed by atoms with Gasteiger partial charge in [0.15, 0.2) is 5.82 Å². The maximum atomic E-state index is 10.8. The number of aliphatic hydroxyl groups is 2. The van der Waals surface area contributed by atoms with Gasteiger partial charge >= 0.3 is 0 Å². The molecule has 1 fully saturated rings. The minimum absolute atomic E-state index is 0.0367. The second-order valence-corrected chi connectivity index (χ2v) is 9.10. The number of benzene rings is 1. The summed E-state index contributed by atoms with van der Waals surface area (Å²) in [7, 11) is 0. The van der Waals surface area contributed by atoms with Gasteiger partial charge in [-0.1, -0.05) is 12.1 Å². The van der Waals surface area contributed by atoms with Gasteiger partial charge in [-0.15, -0.1) is 0 Å². The Bertz CT molecular complexity index is 1230. The van der Waals surface area contributed by atoms with Gasteiger partial charge in [-0.3, -0.25) is 0 Å². The van der Waals surface area contributed by atoms with Crippen LogP contribution in [0.15, 0.2) is 41.4 Å². The molecule has 31 heavy (non-hydrogen) atoms. The summed E-state index contributed by atoms with van der Waals surface area (Å²) in [5.74, 6) is 1.12. The predicted molar refractivity (Wildman–Crippen MR) is 121 cm³/mol. The van der Waals surface area contributed by atoms with Gasteiger partial charge in [0.1, 0.15) is 23.9 Å². The summed E-state index contributed by atoms with van der Waals surface area (Å²) in [6.45, 7) is 1.88. The van der Waals surface area contributed by atoms with Crippen molar-refractivity contribution in [3.05, 3.63) is 52.7 Å². The molecule has 1 saturated carbocycles. The van der Waals surface area contributed by atoms with Gasteiger partial charge in [0.2, 0.25) is 0 Å². The van der Waals surface area contributed by atoms with Crippen LogP contribution < -0.4 is 5.73 Å². The third kappa shape index (κ3) is 3.56. The van der Waals surface area contributed by atoms with Crippen LogP contribution in [0.5, 0.6) is 0 Å². The molecule has 0 radical (unpaired) electrons. The van der Waals surface area contributed by atoms with E-state index < -0.39 is 12.2 Å². The molecule has 5 rings (SSSR count). The van der Waals surface area contributed by atoms with E-state index in [1.807, 2.05) is 29.7 Å². The van der Waals surface area contributed by atoms with Crippen molar-refractivity contribution in [2.75, 3.05) is 5.73 Å². The molecule has 0 saturated heterocycles. The Morgan fingerprint density at radius 3 is 2.84 bits per heavy atom. The first-order valence-electron chi connectivity index (χ1n) is 10.3. The molecule has 9 heteroatoms. The Morgan fingerprint density at radius 1 is 1.16 bits per heavy atom. The summed E-state index contributed by atoms with van der Waals surface area (Å²) in [6.07, 6.45) is 3.68. The van der Waals surface area contributed by atoms with E-state index in [0.29, 0.717) is 18.1 Å². The van der Waals surface area contributed by atoms with Gasteiger partial charge in [-0.05, 0) is 65.7 Å². The maximum absolute atomic E-state index is 10.8. The van der Waals surface area contributed by atoms with Gasteiger partial charge in [-0.2, -0.15) is 0 Å². The van der Waals surface area contributed by atoms with Crippen LogP contribution in [0.2, 0.25) is 0 Å². The highest BCUT2D eigenvalue weighted by Crippen LogP contribution is 2.40. The normalized spacial score (nSPS) is 23.7. The van der Waals surface area contributed by atoms with Crippen LogP contribution in [0.3, 0.4) is 0 Å². The van der Waals surface area contributed by atoms with Crippen LogP contribution in [0.4, 0.5) is 5.82 Å². The lowest BCUT2D eigenvalue weighted by atomic mass is 9.95. The van der Waals surface area contributed by atoms with Crippen molar-refractivity contribution in [2.45, 2.75) is 44.4 Å². The van der Waals surface area contributed by atoms with Gasteiger partial charge in [0, 0.05) is 5.39 Å². The molecule has 160 valence electrons. The maximum Gasteiger partial charge on any atom is 0.163 e. The molecule has 0 bridgehead atoms. The average molecular weight is 483 g/mol. The highest BCUT2D eigenvalue weighted by molar-refractivity contribution is 9.10. The van der Waals surface area contributed by atoms with E-state index in [1.54, 1.807) is 6.33 Å². The van der Waals surface area contributed by atoms with E-state index >= 15 is 0 Å². The fraction of sp³-hybridized carbons (Fsp3) is 0.364. The molecular formula is C22H23BrN6O2. The van der Waals surface area contributed by atoms with Crippen molar-refractivity contribution in [3.8, 4) is 11.5 Å². The summed E-state index contributed by atoms with van der Waals surface area (Å²) in [5.41, 5.74) is 9.41. The Labute approximate surface area is 187 Å². The monoisotopic (exact) mass is 482 g/mol. The second-order valence-electron chi connectivity index (χ2n) is 8.25. The molecule has 3 heterocycles. The van der Waals surface area contributed by atoms with Crippen molar-refractivity contribution in [1.82, 2.24) is 24.5 Å². The predicted octanol–water partition coefficient (Wildman–Crippen LogP) is 2.89. The average Bonchev–Trinajstić information content (AvgIpc) is 3.35. The molecule has 4 N–H and O–H groups in total. The third-order valence-electron chi connectivity index (χ3n) is 6.34. The van der Waals surface area contributed by atoms with Crippen LogP contribution in [0.1, 0.15) is 30.1 Å². The molecular weight excluding hydrogens is 460 g/mol.